The molecule has 0 radical (unpaired) electrons. The Morgan fingerprint density at radius 2 is 2.00 bits per heavy atom. The van der Waals surface area contributed by atoms with E-state index in [1.807, 2.05) is 36.4 Å². The van der Waals surface area contributed by atoms with Crippen LogP contribution in [0.25, 0.3) is 33.7 Å². The number of nitrogens with two attached hydrogens (primary N) is 1. The highest BCUT2D eigenvalue weighted by Crippen LogP contribution is 2.30. The van der Waals surface area contributed by atoms with E-state index in [0.29, 0.717) is 17.0 Å². The first-order valence-corrected chi connectivity index (χ1v) is 8.17. The maximum absolute atomic E-state index is 14.2. The predicted octanol–water partition coefficient (Wildman–Crippen LogP) is 3.90. The molecule has 26 heavy (non-hydrogen) atoms. The normalized spacial score (nSPS) is 11.0. The van der Waals surface area contributed by atoms with Crippen molar-refractivity contribution in [1.29, 1.82) is 0 Å². The van der Waals surface area contributed by atoms with E-state index >= 15 is 0 Å². The van der Waals surface area contributed by atoms with E-state index in [1.54, 1.807) is 19.4 Å². The van der Waals surface area contributed by atoms with Gasteiger partial charge in [-0.3, -0.25) is 0 Å². The van der Waals surface area contributed by atoms with Gasteiger partial charge in [-0.25, -0.2) is 14.4 Å². The molecule has 0 aliphatic rings. The number of nitrogens with one attached hydrogen (secondary N) is 1. The maximum atomic E-state index is 14.2. The molecule has 4 aromatic rings. The summed E-state index contributed by atoms with van der Waals surface area (Å²) in [5.41, 5.74) is 9.82. The molecule has 6 heteroatoms. The fourth-order valence-electron chi connectivity index (χ4n) is 2.94. The first-order valence-electron chi connectivity index (χ1n) is 8.17. The van der Waals surface area contributed by atoms with Crippen molar-refractivity contribution < 1.29 is 9.13 Å². The third kappa shape index (κ3) is 2.80. The number of imidazole rings is 1. The number of aromatic amines is 1. The molecular weight excluding hydrogens is 331 g/mol. The minimum absolute atomic E-state index is 0.169. The Labute approximate surface area is 149 Å². The lowest BCUT2D eigenvalue weighted by Gasteiger charge is -2.05. The number of ether oxygens (including phenoxy) is 1. The molecule has 130 valence electrons. The number of fused-ring (bicyclic) bond motifs is 1. The first kappa shape index (κ1) is 16.2. The van der Waals surface area contributed by atoms with Crippen molar-refractivity contribution >= 4 is 11.2 Å². The topological polar surface area (TPSA) is 76.8 Å². The number of H-pyrrole nitrogens is 1. The molecule has 0 unspecified atom stereocenters. The second kappa shape index (κ2) is 6.57. The molecule has 0 spiro atoms. The lowest BCUT2D eigenvalue weighted by atomic mass is 10.0. The average Bonchev–Trinajstić information content (AvgIpc) is 3.12. The van der Waals surface area contributed by atoms with Gasteiger partial charge in [0.25, 0.3) is 0 Å². The molecule has 2 aromatic heterocycles. The van der Waals surface area contributed by atoms with Crippen molar-refractivity contribution in [3.8, 4) is 28.3 Å². The van der Waals surface area contributed by atoms with E-state index in [4.69, 9.17) is 10.5 Å². The number of benzene rings is 2. The molecule has 0 saturated heterocycles. The summed E-state index contributed by atoms with van der Waals surface area (Å²) in [7, 11) is 1.62. The van der Waals surface area contributed by atoms with Crippen molar-refractivity contribution in [2.24, 2.45) is 5.73 Å². The van der Waals surface area contributed by atoms with E-state index in [1.165, 1.54) is 6.07 Å². The van der Waals surface area contributed by atoms with E-state index in [2.05, 4.69) is 15.0 Å². The molecule has 0 amide bonds. The number of hydrogen-bond acceptors (Lipinski definition) is 4. The quantitative estimate of drug-likeness (QED) is 0.586. The summed E-state index contributed by atoms with van der Waals surface area (Å²) < 4.78 is 19.4. The SMILES string of the molecule is COc1cccc(-c2nc3nccc(-c4ccc(CN)c(F)c4)c3[nH]2)c1. The minimum Gasteiger partial charge on any atom is -0.497 e. The largest absolute Gasteiger partial charge is 0.497 e. The van der Waals surface area contributed by atoms with Gasteiger partial charge in [-0.15, -0.1) is 0 Å². The van der Waals surface area contributed by atoms with Crippen LogP contribution in [0.5, 0.6) is 5.75 Å². The van der Waals surface area contributed by atoms with Gasteiger partial charge < -0.3 is 15.5 Å². The zero-order valence-corrected chi connectivity index (χ0v) is 14.2. The highest BCUT2D eigenvalue weighted by Gasteiger charge is 2.13. The molecule has 4 rings (SSSR count). The van der Waals surface area contributed by atoms with Gasteiger partial charge in [0.05, 0.1) is 12.6 Å². The number of halogens is 1. The molecule has 2 aromatic carbocycles. The smallest absolute Gasteiger partial charge is 0.178 e. The molecule has 5 nitrogen and oxygen atoms in total. The lowest BCUT2D eigenvalue weighted by Crippen LogP contribution is -1.99. The Morgan fingerprint density at radius 3 is 2.77 bits per heavy atom. The van der Waals surface area contributed by atoms with Crippen LogP contribution in [0.4, 0.5) is 4.39 Å². The summed E-state index contributed by atoms with van der Waals surface area (Å²) >= 11 is 0. The fraction of sp³-hybridized carbons (Fsp3) is 0.100. The molecule has 0 saturated carbocycles. The highest BCUT2D eigenvalue weighted by atomic mass is 19.1. The zero-order chi connectivity index (χ0) is 18.1. The van der Waals surface area contributed by atoms with E-state index < -0.39 is 0 Å². The van der Waals surface area contributed by atoms with Crippen molar-refractivity contribution in [1.82, 2.24) is 15.0 Å². The fourth-order valence-corrected chi connectivity index (χ4v) is 2.94. The third-order valence-corrected chi connectivity index (χ3v) is 4.32. The van der Waals surface area contributed by atoms with Crippen molar-refractivity contribution in [3.05, 3.63) is 66.1 Å². The van der Waals surface area contributed by atoms with Crippen LogP contribution >= 0.6 is 0 Å². The second-order valence-corrected chi connectivity index (χ2v) is 5.88. The van der Waals surface area contributed by atoms with E-state index in [-0.39, 0.29) is 12.4 Å². The molecule has 0 fully saturated rings. The Kier molecular flexibility index (Phi) is 4.10. The maximum Gasteiger partial charge on any atom is 0.178 e. The summed E-state index contributed by atoms with van der Waals surface area (Å²) in [4.78, 5) is 12.2. The molecule has 0 bridgehead atoms. The Morgan fingerprint density at radius 1 is 1.12 bits per heavy atom. The first-order chi connectivity index (χ1) is 12.7. The number of rotatable bonds is 4. The highest BCUT2D eigenvalue weighted by molar-refractivity contribution is 5.91. The van der Waals surface area contributed by atoms with Gasteiger partial charge in [-0.2, -0.15) is 0 Å². The summed E-state index contributed by atoms with van der Waals surface area (Å²) in [5, 5.41) is 0. The zero-order valence-electron chi connectivity index (χ0n) is 14.2. The summed E-state index contributed by atoms with van der Waals surface area (Å²) in [5.74, 6) is 1.11. The molecular formula is C20H17FN4O. The molecule has 0 aliphatic heterocycles. The monoisotopic (exact) mass is 348 g/mol. The van der Waals surface area contributed by atoms with E-state index in [9.17, 15) is 4.39 Å². The van der Waals surface area contributed by atoms with Crippen LogP contribution in [0.2, 0.25) is 0 Å². The second-order valence-electron chi connectivity index (χ2n) is 5.88. The number of methoxy groups -OCH3 is 1. The van der Waals surface area contributed by atoms with Crippen molar-refractivity contribution in [2.45, 2.75) is 6.54 Å². The predicted molar refractivity (Wildman–Crippen MR) is 99.2 cm³/mol. The number of nitrogens with zero attached hydrogens (tertiary/aromatic N) is 2. The summed E-state index contributed by atoms with van der Waals surface area (Å²) in [6, 6.07) is 14.5. The van der Waals surface area contributed by atoms with Crippen LogP contribution in [0, 0.1) is 5.82 Å². The Bertz CT molecular complexity index is 1090. The van der Waals surface area contributed by atoms with Crippen LogP contribution < -0.4 is 10.5 Å². The molecule has 3 N–H and O–H groups in total. The van der Waals surface area contributed by atoms with Gasteiger partial charge in [0.1, 0.15) is 17.4 Å². The lowest BCUT2D eigenvalue weighted by molar-refractivity contribution is 0.415. The van der Waals surface area contributed by atoms with Gasteiger partial charge in [0.15, 0.2) is 5.65 Å². The number of aromatic nitrogens is 3. The van der Waals surface area contributed by atoms with Gasteiger partial charge in [0, 0.05) is 29.4 Å². The number of pyridine rings is 1. The minimum atomic E-state index is -0.317. The average molecular weight is 348 g/mol. The Balaban J connectivity index is 1.84. The van der Waals surface area contributed by atoms with Crippen molar-refractivity contribution in [3.63, 3.8) is 0 Å². The van der Waals surface area contributed by atoms with Gasteiger partial charge in [0.2, 0.25) is 0 Å². The summed E-state index contributed by atoms with van der Waals surface area (Å²) in [6.45, 7) is 0.169. The molecule has 2 heterocycles. The molecule has 0 atom stereocenters. The van der Waals surface area contributed by atoms with Crippen LogP contribution in [-0.2, 0) is 6.54 Å². The Hall–Kier alpha value is -3.25. The summed E-state index contributed by atoms with van der Waals surface area (Å²) in [6.07, 6.45) is 1.67. The van der Waals surface area contributed by atoms with Crippen LogP contribution in [0.1, 0.15) is 5.56 Å². The van der Waals surface area contributed by atoms with Gasteiger partial charge in [-0.05, 0) is 29.8 Å². The van der Waals surface area contributed by atoms with E-state index in [0.717, 1.165) is 28.0 Å². The van der Waals surface area contributed by atoms with Gasteiger partial charge in [-0.1, -0.05) is 24.3 Å². The van der Waals surface area contributed by atoms with Crippen molar-refractivity contribution in [2.75, 3.05) is 7.11 Å². The van der Waals surface area contributed by atoms with Crippen LogP contribution in [-0.4, -0.2) is 22.1 Å². The van der Waals surface area contributed by atoms with Gasteiger partial charge >= 0.3 is 0 Å². The number of hydrogen-bond donors (Lipinski definition) is 2. The van der Waals surface area contributed by atoms with Crippen LogP contribution in [0.15, 0.2) is 54.7 Å². The molecule has 0 aliphatic carbocycles. The van der Waals surface area contributed by atoms with Crippen LogP contribution in [0.3, 0.4) is 0 Å². The third-order valence-electron chi connectivity index (χ3n) is 4.32. The standard InChI is InChI=1S/C20H17FN4O/c1-26-15-4-2-3-13(9-15)19-24-18-16(7-8-23-20(18)25-19)12-5-6-14(11-22)17(21)10-12/h2-10H,11,22H2,1H3,(H,23,24,25).